The fraction of sp³-hybridized carbons (Fsp3) is 0.267. The maximum absolute atomic E-state index is 15.4. The van der Waals surface area contributed by atoms with Crippen LogP contribution in [0.5, 0.6) is 0 Å². The van der Waals surface area contributed by atoms with Crippen molar-refractivity contribution >= 4 is 17.8 Å². The molecule has 36 heavy (non-hydrogen) atoms. The second kappa shape index (κ2) is 13.0. The van der Waals surface area contributed by atoms with Gasteiger partial charge in [-0.1, -0.05) is 103 Å². The van der Waals surface area contributed by atoms with E-state index in [-0.39, 0.29) is 0 Å². The van der Waals surface area contributed by atoms with E-state index in [2.05, 4.69) is 13.2 Å². The van der Waals surface area contributed by atoms with Gasteiger partial charge in [0.05, 0.1) is 0 Å². The molecule has 1 unspecified atom stereocenters. The van der Waals surface area contributed by atoms with Crippen LogP contribution in [0.4, 0.5) is 0 Å². The molecule has 3 aromatic rings. The van der Waals surface area contributed by atoms with Crippen LogP contribution in [0.2, 0.25) is 0 Å². The van der Waals surface area contributed by atoms with Crippen molar-refractivity contribution < 1.29 is 19.1 Å². The van der Waals surface area contributed by atoms with Crippen LogP contribution in [0, 0.1) is 0 Å². The average Bonchev–Trinajstić information content (AvgIpc) is 2.94. The number of benzene rings is 3. The van der Waals surface area contributed by atoms with Crippen LogP contribution in [-0.4, -0.2) is 55.0 Å². The molecule has 2 atom stereocenters. The standard InChI is InChI=1S/C30H36NO4P/c1-5-22-31(23-6-2)28(24-25-16-10-7-11-17-25)29(32)30(34-3,35-4)36(33,26-18-12-8-13-19-26)27-20-14-9-15-21-27/h5-21,28-29,32H,1-2,22-24H2,3-4H3/t28-,29?/m0/s1. The number of aliphatic hydroxyl groups excluding tert-OH is 1. The summed E-state index contributed by atoms with van der Waals surface area (Å²) in [5.41, 5.74) is -0.842. The monoisotopic (exact) mass is 505 g/mol. The van der Waals surface area contributed by atoms with E-state index in [1.54, 1.807) is 36.4 Å². The van der Waals surface area contributed by atoms with Crippen molar-refractivity contribution in [1.29, 1.82) is 0 Å². The molecule has 6 heteroatoms. The fourth-order valence-electron chi connectivity index (χ4n) is 4.77. The summed E-state index contributed by atoms with van der Waals surface area (Å²) in [7, 11) is -0.849. The molecule has 0 spiro atoms. The van der Waals surface area contributed by atoms with Crippen molar-refractivity contribution in [3.05, 3.63) is 122 Å². The Hall–Kier alpha value is -2.79. The van der Waals surface area contributed by atoms with Crippen LogP contribution in [0.15, 0.2) is 116 Å². The van der Waals surface area contributed by atoms with Crippen LogP contribution in [0.1, 0.15) is 5.56 Å². The third-order valence-electron chi connectivity index (χ3n) is 6.49. The minimum atomic E-state index is -3.73. The number of methoxy groups -OCH3 is 2. The van der Waals surface area contributed by atoms with Crippen molar-refractivity contribution in [3.63, 3.8) is 0 Å². The molecule has 0 saturated carbocycles. The maximum Gasteiger partial charge on any atom is 0.258 e. The average molecular weight is 506 g/mol. The zero-order valence-electron chi connectivity index (χ0n) is 21.1. The van der Waals surface area contributed by atoms with Crippen molar-refractivity contribution in [2.75, 3.05) is 27.3 Å². The zero-order chi connectivity index (χ0) is 26.0. The SMILES string of the molecule is C=CCN(CC=C)[C@@H](Cc1ccccc1)C(O)C(OC)(OC)P(=O)(c1ccccc1)c1ccccc1. The summed E-state index contributed by atoms with van der Waals surface area (Å²) in [5, 5.41) is 13.3. The van der Waals surface area contributed by atoms with Crippen molar-refractivity contribution in [2.45, 2.75) is 24.1 Å². The highest BCUT2D eigenvalue weighted by molar-refractivity contribution is 7.79. The molecule has 0 aliphatic heterocycles. The Balaban J connectivity index is 2.25. The molecular formula is C30H36NO4P. The van der Waals surface area contributed by atoms with Crippen molar-refractivity contribution in [3.8, 4) is 0 Å². The van der Waals surface area contributed by atoms with Gasteiger partial charge in [-0.05, 0) is 12.0 Å². The summed E-state index contributed by atoms with van der Waals surface area (Å²) >= 11 is 0. The Labute approximate surface area is 215 Å². The normalized spacial score (nSPS) is 13.8. The van der Waals surface area contributed by atoms with Gasteiger partial charge >= 0.3 is 0 Å². The maximum atomic E-state index is 15.4. The summed E-state index contributed by atoms with van der Waals surface area (Å²) in [6, 6.07) is 27.6. The highest BCUT2D eigenvalue weighted by Gasteiger charge is 2.59. The number of aliphatic hydroxyl groups is 1. The van der Waals surface area contributed by atoms with E-state index in [4.69, 9.17) is 9.47 Å². The van der Waals surface area contributed by atoms with Gasteiger partial charge in [0.2, 0.25) is 7.14 Å². The fourth-order valence-corrected chi connectivity index (χ4v) is 8.03. The topological polar surface area (TPSA) is 59.0 Å². The predicted molar refractivity (Wildman–Crippen MR) is 148 cm³/mol. The largest absolute Gasteiger partial charge is 0.385 e. The van der Waals surface area contributed by atoms with Gasteiger partial charge in [-0.15, -0.1) is 13.2 Å². The van der Waals surface area contributed by atoms with Crippen molar-refractivity contribution in [1.82, 2.24) is 4.90 Å². The number of rotatable bonds is 14. The quantitative estimate of drug-likeness (QED) is 0.197. The smallest absolute Gasteiger partial charge is 0.258 e. The summed E-state index contributed by atoms with van der Waals surface area (Å²) < 4.78 is 27.4. The molecule has 3 aromatic carbocycles. The van der Waals surface area contributed by atoms with E-state index >= 15 is 4.57 Å². The molecular weight excluding hydrogens is 469 g/mol. The van der Waals surface area contributed by atoms with Gasteiger partial charge in [-0.3, -0.25) is 4.90 Å². The number of hydrogen-bond donors (Lipinski definition) is 1. The summed E-state index contributed by atoms with van der Waals surface area (Å²) in [6.45, 7) is 8.79. The van der Waals surface area contributed by atoms with Gasteiger partial charge in [0.25, 0.3) is 5.53 Å². The Kier molecular flexibility index (Phi) is 10.0. The number of hydrogen-bond acceptors (Lipinski definition) is 5. The van der Waals surface area contributed by atoms with E-state index in [9.17, 15) is 5.11 Å². The van der Waals surface area contributed by atoms with Gasteiger partial charge in [0, 0.05) is 44.0 Å². The molecule has 0 aliphatic rings. The van der Waals surface area contributed by atoms with Gasteiger partial charge in [-0.2, -0.15) is 0 Å². The lowest BCUT2D eigenvalue weighted by Gasteiger charge is -2.46. The highest BCUT2D eigenvalue weighted by atomic mass is 31.2. The Morgan fingerprint density at radius 3 is 1.64 bits per heavy atom. The first-order valence-electron chi connectivity index (χ1n) is 12.0. The van der Waals surface area contributed by atoms with Crippen LogP contribution in [-0.2, 0) is 20.5 Å². The summed E-state index contributed by atoms with van der Waals surface area (Å²) in [4.78, 5) is 2.05. The lowest BCUT2D eigenvalue weighted by atomic mass is 9.98. The minimum Gasteiger partial charge on any atom is -0.385 e. The number of nitrogens with zero attached hydrogens (tertiary/aromatic N) is 1. The predicted octanol–water partition coefficient (Wildman–Crippen LogP) is 4.59. The minimum absolute atomic E-state index is 0.474. The van der Waals surface area contributed by atoms with E-state index in [0.29, 0.717) is 30.1 Å². The van der Waals surface area contributed by atoms with E-state index in [1.165, 1.54) is 14.2 Å². The lowest BCUT2D eigenvalue weighted by Crippen LogP contribution is -2.60. The summed E-state index contributed by atoms with van der Waals surface area (Å²) in [5.74, 6) is 0. The van der Waals surface area contributed by atoms with Gasteiger partial charge < -0.3 is 19.1 Å². The van der Waals surface area contributed by atoms with Crippen LogP contribution in [0.3, 0.4) is 0 Å². The van der Waals surface area contributed by atoms with Gasteiger partial charge in [0.15, 0.2) is 0 Å². The molecule has 0 saturated heterocycles. The van der Waals surface area contributed by atoms with Crippen molar-refractivity contribution in [2.24, 2.45) is 0 Å². The molecule has 190 valence electrons. The molecule has 5 nitrogen and oxygen atoms in total. The van der Waals surface area contributed by atoms with Crippen LogP contribution < -0.4 is 10.6 Å². The second-order valence-corrected chi connectivity index (χ2v) is 11.4. The first-order valence-corrected chi connectivity index (χ1v) is 13.7. The zero-order valence-corrected chi connectivity index (χ0v) is 22.0. The second-order valence-electron chi connectivity index (χ2n) is 8.55. The van der Waals surface area contributed by atoms with Gasteiger partial charge in [0.1, 0.15) is 6.10 Å². The molecule has 0 radical (unpaired) electrons. The molecule has 1 N–H and O–H groups in total. The molecule has 0 bridgehead atoms. The first-order chi connectivity index (χ1) is 17.5. The van der Waals surface area contributed by atoms with Crippen LogP contribution in [0.25, 0.3) is 0 Å². The first kappa shape index (κ1) is 27.8. The van der Waals surface area contributed by atoms with Crippen LogP contribution >= 0.6 is 7.14 Å². The molecule has 0 heterocycles. The Morgan fingerprint density at radius 1 is 0.833 bits per heavy atom. The highest BCUT2D eigenvalue weighted by Crippen LogP contribution is 2.59. The Morgan fingerprint density at radius 2 is 1.25 bits per heavy atom. The molecule has 0 fully saturated rings. The van der Waals surface area contributed by atoms with E-state index < -0.39 is 24.8 Å². The van der Waals surface area contributed by atoms with Gasteiger partial charge in [-0.25, -0.2) is 0 Å². The molecule has 3 rings (SSSR count). The summed E-state index contributed by atoms with van der Waals surface area (Å²) in [6.07, 6.45) is 2.73. The molecule has 0 amide bonds. The van der Waals surface area contributed by atoms with E-state index in [1.807, 2.05) is 71.6 Å². The molecule has 0 aromatic heterocycles. The number of ether oxygens (including phenoxy) is 2. The van der Waals surface area contributed by atoms with E-state index in [0.717, 1.165) is 5.56 Å². The molecule has 0 aliphatic carbocycles. The lowest BCUT2D eigenvalue weighted by molar-refractivity contribution is -0.214. The third-order valence-corrected chi connectivity index (χ3v) is 10.0. The third kappa shape index (κ3) is 5.46. The Bertz CT molecular complexity index is 1080.